The summed E-state index contributed by atoms with van der Waals surface area (Å²) in [5, 5.41) is 0. The molecule has 0 aliphatic carbocycles. The number of hydrogen-bond acceptors (Lipinski definition) is 7. The number of hydrogen-bond donors (Lipinski definition) is 0. The monoisotopic (exact) mass is 278 g/mol. The zero-order chi connectivity index (χ0) is 14.6. The quantitative estimate of drug-likeness (QED) is 0.532. The molecule has 1 aliphatic rings. The van der Waals surface area contributed by atoms with Crippen LogP contribution in [0.25, 0.3) is 0 Å². The fraction of sp³-hybridized carbons (Fsp3) is 0.727. The molecule has 0 spiro atoms. The minimum absolute atomic E-state index is 0.300. The minimum Gasteiger partial charge on any atom is -0.463 e. The average Bonchev–Trinajstić information content (AvgIpc) is 2.53. The number of alkyl halides is 1. The van der Waals surface area contributed by atoms with E-state index >= 15 is 0 Å². The molecule has 108 valence electrons. The smallest absolute Gasteiger partial charge is 0.305 e. The van der Waals surface area contributed by atoms with Crippen molar-refractivity contribution in [1.29, 1.82) is 0 Å². The van der Waals surface area contributed by atoms with Gasteiger partial charge in [-0.2, -0.15) is 0 Å². The van der Waals surface area contributed by atoms with Gasteiger partial charge >= 0.3 is 17.9 Å². The molecule has 19 heavy (non-hydrogen) atoms. The number of carbonyl (C=O) groups is 3. The van der Waals surface area contributed by atoms with Gasteiger partial charge < -0.3 is 18.9 Å². The van der Waals surface area contributed by atoms with Crippen LogP contribution in [-0.4, -0.2) is 49.2 Å². The Bertz CT molecular complexity index is 370. The first-order valence-electron chi connectivity index (χ1n) is 5.58. The SMILES string of the molecule is CC(=O)OC[C@@H]1O[C@H](OC(C)=O)[C@H](F)[C@@H]1OC(C)=O. The molecule has 1 aliphatic heterocycles. The Kier molecular flexibility index (Phi) is 5.22. The highest BCUT2D eigenvalue weighted by atomic mass is 19.1. The van der Waals surface area contributed by atoms with Gasteiger partial charge in [-0.1, -0.05) is 0 Å². The van der Waals surface area contributed by atoms with E-state index in [2.05, 4.69) is 9.47 Å². The van der Waals surface area contributed by atoms with E-state index < -0.39 is 42.6 Å². The molecule has 0 aromatic rings. The maximum absolute atomic E-state index is 13.9. The summed E-state index contributed by atoms with van der Waals surface area (Å²) in [5.41, 5.74) is 0. The third-order valence-electron chi connectivity index (χ3n) is 2.28. The van der Waals surface area contributed by atoms with E-state index in [4.69, 9.17) is 9.47 Å². The van der Waals surface area contributed by atoms with Crippen LogP contribution >= 0.6 is 0 Å². The van der Waals surface area contributed by atoms with Gasteiger partial charge in [-0.15, -0.1) is 0 Å². The maximum atomic E-state index is 13.9. The van der Waals surface area contributed by atoms with Gasteiger partial charge in [-0.25, -0.2) is 4.39 Å². The van der Waals surface area contributed by atoms with Crippen LogP contribution in [0.15, 0.2) is 0 Å². The first kappa shape index (κ1) is 15.4. The van der Waals surface area contributed by atoms with Crippen molar-refractivity contribution >= 4 is 17.9 Å². The van der Waals surface area contributed by atoms with Gasteiger partial charge in [0.15, 0.2) is 6.10 Å². The molecule has 8 heteroatoms. The van der Waals surface area contributed by atoms with E-state index in [1.165, 1.54) is 6.92 Å². The van der Waals surface area contributed by atoms with E-state index in [1.54, 1.807) is 0 Å². The van der Waals surface area contributed by atoms with Crippen molar-refractivity contribution in [3.05, 3.63) is 0 Å². The van der Waals surface area contributed by atoms with Crippen molar-refractivity contribution in [3.8, 4) is 0 Å². The molecule has 0 N–H and O–H groups in total. The largest absolute Gasteiger partial charge is 0.463 e. The number of ether oxygens (including phenoxy) is 4. The predicted molar refractivity (Wildman–Crippen MR) is 57.5 cm³/mol. The van der Waals surface area contributed by atoms with E-state index in [0.29, 0.717) is 0 Å². The lowest BCUT2D eigenvalue weighted by molar-refractivity contribution is -0.184. The lowest BCUT2D eigenvalue weighted by Crippen LogP contribution is -2.37. The zero-order valence-electron chi connectivity index (χ0n) is 10.8. The highest BCUT2D eigenvalue weighted by molar-refractivity contribution is 5.67. The van der Waals surface area contributed by atoms with E-state index in [0.717, 1.165) is 13.8 Å². The molecular weight excluding hydrogens is 263 g/mol. The fourth-order valence-corrected chi connectivity index (χ4v) is 1.61. The van der Waals surface area contributed by atoms with Crippen LogP contribution in [0.2, 0.25) is 0 Å². The standard InChI is InChI=1S/C11H15FO7/c1-5(13)16-4-8-10(17-6(2)14)9(12)11(19-8)18-7(3)15/h8-11H,4H2,1-3H3/t8-,9+,10+,11-/m0/s1. The molecule has 0 saturated carbocycles. The van der Waals surface area contributed by atoms with Crippen LogP contribution in [-0.2, 0) is 33.3 Å². The summed E-state index contributed by atoms with van der Waals surface area (Å²) in [4.78, 5) is 32.4. The second-order valence-corrected chi connectivity index (χ2v) is 3.97. The van der Waals surface area contributed by atoms with Crippen LogP contribution in [0.1, 0.15) is 20.8 Å². The van der Waals surface area contributed by atoms with Crippen LogP contribution < -0.4 is 0 Å². The van der Waals surface area contributed by atoms with E-state index in [9.17, 15) is 18.8 Å². The second kappa shape index (κ2) is 6.46. The highest BCUT2D eigenvalue weighted by Crippen LogP contribution is 2.28. The summed E-state index contributed by atoms with van der Waals surface area (Å²) in [6.45, 7) is 3.07. The van der Waals surface area contributed by atoms with Crippen molar-refractivity contribution < 1.29 is 37.7 Å². The Morgan fingerprint density at radius 1 is 1.05 bits per heavy atom. The Labute approximate surface area is 108 Å². The molecule has 1 saturated heterocycles. The third-order valence-corrected chi connectivity index (χ3v) is 2.28. The van der Waals surface area contributed by atoms with Gasteiger partial charge in [-0.05, 0) is 0 Å². The molecule has 0 bridgehead atoms. The van der Waals surface area contributed by atoms with Gasteiger partial charge in [0.2, 0.25) is 12.5 Å². The van der Waals surface area contributed by atoms with Crippen LogP contribution in [0.5, 0.6) is 0 Å². The highest BCUT2D eigenvalue weighted by Gasteiger charge is 2.49. The van der Waals surface area contributed by atoms with Gasteiger partial charge in [0.05, 0.1) is 0 Å². The van der Waals surface area contributed by atoms with Gasteiger partial charge in [0.1, 0.15) is 12.7 Å². The Morgan fingerprint density at radius 2 is 1.63 bits per heavy atom. The Hall–Kier alpha value is -1.70. The Morgan fingerprint density at radius 3 is 2.11 bits per heavy atom. The predicted octanol–water partition coefficient (Wildman–Crippen LogP) is 0.107. The summed E-state index contributed by atoms with van der Waals surface area (Å²) < 4.78 is 33.0. The summed E-state index contributed by atoms with van der Waals surface area (Å²) in [5.74, 6) is -2.04. The zero-order valence-corrected chi connectivity index (χ0v) is 10.8. The summed E-state index contributed by atoms with van der Waals surface area (Å²) in [7, 11) is 0. The number of esters is 3. The van der Waals surface area contributed by atoms with E-state index in [-0.39, 0.29) is 6.61 Å². The molecule has 1 rings (SSSR count). The molecule has 1 fully saturated rings. The average molecular weight is 278 g/mol. The molecule has 4 atom stereocenters. The van der Waals surface area contributed by atoms with E-state index in [1.807, 2.05) is 0 Å². The Balaban J connectivity index is 2.71. The van der Waals surface area contributed by atoms with Crippen LogP contribution in [0.3, 0.4) is 0 Å². The molecule has 0 aromatic carbocycles. The van der Waals surface area contributed by atoms with Gasteiger partial charge in [0.25, 0.3) is 0 Å². The molecule has 0 radical (unpaired) electrons. The molecule has 0 unspecified atom stereocenters. The molecular formula is C11H15FO7. The lowest BCUT2D eigenvalue weighted by Gasteiger charge is -2.17. The number of carbonyl (C=O) groups excluding carboxylic acids is 3. The van der Waals surface area contributed by atoms with Crippen molar-refractivity contribution in [2.75, 3.05) is 6.61 Å². The van der Waals surface area contributed by atoms with Gasteiger partial charge in [-0.3, -0.25) is 14.4 Å². The molecule has 1 heterocycles. The van der Waals surface area contributed by atoms with Crippen LogP contribution in [0.4, 0.5) is 4.39 Å². The summed E-state index contributed by atoms with van der Waals surface area (Å²) in [6, 6.07) is 0. The number of rotatable bonds is 4. The fourth-order valence-electron chi connectivity index (χ4n) is 1.61. The van der Waals surface area contributed by atoms with Crippen molar-refractivity contribution in [2.45, 2.75) is 45.4 Å². The van der Waals surface area contributed by atoms with Crippen LogP contribution in [0, 0.1) is 0 Å². The topological polar surface area (TPSA) is 88.1 Å². The first-order valence-corrected chi connectivity index (χ1v) is 5.58. The third kappa shape index (κ3) is 4.47. The maximum Gasteiger partial charge on any atom is 0.305 e. The normalized spacial score (nSPS) is 29.7. The van der Waals surface area contributed by atoms with Crippen molar-refractivity contribution in [1.82, 2.24) is 0 Å². The minimum atomic E-state index is -1.84. The second-order valence-electron chi connectivity index (χ2n) is 3.97. The first-order chi connectivity index (χ1) is 8.81. The lowest BCUT2D eigenvalue weighted by atomic mass is 10.1. The molecule has 0 aromatic heterocycles. The molecule has 7 nitrogen and oxygen atoms in total. The van der Waals surface area contributed by atoms with Crippen molar-refractivity contribution in [2.24, 2.45) is 0 Å². The summed E-state index contributed by atoms with van der Waals surface area (Å²) >= 11 is 0. The van der Waals surface area contributed by atoms with Gasteiger partial charge in [0, 0.05) is 20.8 Å². The summed E-state index contributed by atoms with van der Waals surface area (Å²) in [6.07, 6.45) is -5.64. The molecule has 0 amide bonds. The van der Waals surface area contributed by atoms with Crippen molar-refractivity contribution in [3.63, 3.8) is 0 Å². The number of halogens is 1.